The Morgan fingerprint density at radius 1 is 1.06 bits per heavy atom. The lowest BCUT2D eigenvalue weighted by Gasteiger charge is -2.17. The molecule has 0 aliphatic rings. The van der Waals surface area contributed by atoms with Crippen molar-refractivity contribution >= 4 is 23.3 Å². The van der Waals surface area contributed by atoms with Crippen LogP contribution in [-0.2, 0) is 17.1 Å². The van der Waals surface area contributed by atoms with E-state index in [4.69, 9.17) is 0 Å². The number of amides is 1. The number of aromatic nitrogens is 4. The number of hydrogen-bond acceptors (Lipinski definition) is 4. The normalized spacial score (nSPS) is 11.2. The van der Waals surface area contributed by atoms with Crippen LogP contribution >= 0.6 is 11.8 Å². The topological polar surface area (TPSA) is 55.4 Å². The molecule has 4 aromatic rings. The molecule has 0 N–H and O–H groups in total. The number of pyridine rings is 1. The van der Waals surface area contributed by atoms with Gasteiger partial charge in [0.05, 0.1) is 22.8 Å². The summed E-state index contributed by atoms with van der Waals surface area (Å²) in [5.74, 6) is 1.24. The Morgan fingerprint density at radius 2 is 1.84 bits per heavy atom. The first-order chi connectivity index (χ1) is 14.9. The van der Waals surface area contributed by atoms with Crippen LogP contribution in [0.25, 0.3) is 11.3 Å². The maximum Gasteiger partial charge on any atom is 0.232 e. The van der Waals surface area contributed by atoms with Crippen molar-refractivity contribution in [1.29, 1.82) is 0 Å². The SMILES string of the molecule is Cc1ccc2nc(CSCC(=O)N(C)Cc3c(C)nn(-c4ccccc4)c3C)cn2c1. The minimum absolute atomic E-state index is 0.107. The number of nitrogens with zero attached hydrogens (tertiary/aromatic N) is 5. The summed E-state index contributed by atoms with van der Waals surface area (Å²) in [6.45, 7) is 6.67. The van der Waals surface area contributed by atoms with Gasteiger partial charge in [-0.3, -0.25) is 4.79 Å². The zero-order valence-electron chi connectivity index (χ0n) is 18.4. The first-order valence-electron chi connectivity index (χ1n) is 10.3. The van der Waals surface area contributed by atoms with Crippen LogP contribution in [-0.4, -0.2) is 42.8 Å². The number of para-hydroxylation sites is 1. The van der Waals surface area contributed by atoms with Crippen LogP contribution in [0.5, 0.6) is 0 Å². The summed E-state index contributed by atoms with van der Waals surface area (Å²) in [4.78, 5) is 19.1. The maximum atomic E-state index is 12.7. The van der Waals surface area contributed by atoms with E-state index in [2.05, 4.69) is 36.2 Å². The molecule has 0 atom stereocenters. The molecule has 1 aromatic carbocycles. The standard InChI is InChI=1S/C24H27N5OS/c1-17-10-11-23-25-20(13-28(23)12-17)15-31-16-24(30)27(4)14-22-18(2)26-29(19(22)3)21-8-6-5-7-9-21/h5-13H,14-16H2,1-4H3. The van der Waals surface area contributed by atoms with Gasteiger partial charge in [0.25, 0.3) is 0 Å². The number of carbonyl (C=O) groups excluding carboxylic acids is 1. The van der Waals surface area contributed by atoms with Crippen LogP contribution in [0.2, 0.25) is 0 Å². The number of rotatable bonds is 7. The van der Waals surface area contributed by atoms with Crippen molar-refractivity contribution < 1.29 is 4.79 Å². The molecule has 0 radical (unpaired) electrons. The van der Waals surface area contributed by atoms with Crippen LogP contribution in [0.3, 0.4) is 0 Å². The van der Waals surface area contributed by atoms with Crippen molar-refractivity contribution in [2.45, 2.75) is 33.1 Å². The molecular weight excluding hydrogens is 406 g/mol. The van der Waals surface area contributed by atoms with Gasteiger partial charge in [0.15, 0.2) is 0 Å². The lowest BCUT2D eigenvalue weighted by molar-refractivity contribution is -0.127. The molecule has 31 heavy (non-hydrogen) atoms. The number of fused-ring (bicyclic) bond motifs is 1. The molecule has 6 nitrogen and oxygen atoms in total. The van der Waals surface area contributed by atoms with E-state index < -0.39 is 0 Å². The highest BCUT2D eigenvalue weighted by atomic mass is 32.2. The summed E-state index contributed by atoms with van der Waals surface area (Å²) >= 11 is 1.60. The van der Waals surface area contributed by atoms with Gasteiger partial charge >= 0.3 is 0 Å². The Balaban J connectivity index is 1.36. The largest absolute Gasteiger partial charge is 0.341 e. The summed E-state index contributed by atoms with van der Waals surface area (Å²) in [6, 6.07) is 14.1. The molecule has 0 saturated heterocycles. The van der Waals surface area contributed by atoms with Crippen molar-refractivity contribution in [3.63, 3.8) is 0 Å². The molecular formula is C24H27N5OS. The van der Waals surface area contributed by atoms with Crippen molar-refractivity contribution in [2.75, 3.05) is 12.8 Å². The van der Waals surface area contributed by atoms with Gasteiger partial charge in [-0.1, -0.05) is 24.3 Å². The highest BCUT2D eigenvalue weighted by Crippen LogP contribution is 2.20. The van der Waals surface area contributed by atoms with E-state index in [9.17, 15) is 4.79 Å². The quantitative estimate of drug-likeness (QED) is 0.435. The second-order valence-electron chi connectivity index (χ2n) is 7.84. The number of thioether (sulfide) groups is 1. The van der Waals surface area contributed by atoms with Crippen molar-refractivity contribution in [2.24, 2.45) is 0 Å². The molecule has 0 saturated carbocycles. The van der Waals surface area contributed by atoms with Gasteiger partial charge in [-0.05, 0) is 44.5 Å². The third kappa shape index (κ3) is 4.66. The molecule has 3 heterocycles. The van der Waals surface area contributed by atoms with E-state index in [1.165, 1.54) is 5.56 Å². The predicted octanol–water partition coefficient (Wildman–Crippen LogP) is 4.34. The fourth-order valence-electron chi connectivity index (χ4n) is 3.63. The fraction of sp³-hybridized carbons (Fsp3) is 0.292. The molecule has 0 unspecified atom stereocenters. The van der Waals surface area contributed by atoms with Crippen molar-refractivity contribution in [3.05, 3.63) is 83.1 Å². The average molecular weight is 434 g/mol. The van der Waals surface area contributed by atoms with E-state index in [0.29, 0.717) is 18.1 Å². The molecule has 0 fully saturated rings. The van der Waals surface area contributed by atoms with Gasteiger partial charge in [0.1, 0.15) is 5.65 Å². The van der Waals surface area contributed by atoms with E-state index in [0.717, 1.165) is 34.0 Å². The van der Waals surface area contributed by atoms with Crippen LogP contribution < -0.4 is 0 Å². The van der Waals surface area contributed by atoms with Crippen LogP contribution in [0, 0.1) is 20.8 Å². The maximum absolute atomic E-state index is 12.7. The summed E-state index contributed by atoms with van der Waals surface area (Å²) < 4.78 is 3.98. The van der Waals surface area contributed by atoms with E-state index in [1.807, 2.05) is 65.6 Å². The summed E-state index contributed by atoms with van der Waals surface area (Å²) in [7, 11) is 1.86. The minimum Gasteiger partial charge on any atom is -0.341 e. The smallest absolute Gasteiger partial charge is 0.232 e. The van der Waals surface area contributed by atoms with E-state index in [1.54, 1.807) is 16.7 Å². The van der Waals surface area contributed by atoms with Gasteiger partial charge in [-0.2, -0.15) is 5.10 Å². The third-order valence-corrected chi connectivity index (χ3v) is 6.34. The van der Waals surface area contributed by atoms with Gasteiger partial charge in [0.2, 0.25) is 5.91 Å². The number of carbonyl (C=O) groups is 1. The summed E-state index contributed by atoms with van der Waals surface area (Å²) in [5.41, 5.74) is 7.27. The van der Waals surface area contributed by atoms with E-state index >= 15 is 0 Å². The monoisotopic (exact) mass is 433 g/mol. The zero-order chi connectivity index (χ0) is 22.0. The highest BCUT2D eigenvalue weighted by molar-refractivity contribution is 7.99. The lowest BCUT2D eigenvalue weighted by Crippen LogP contribution is -2.28. The van der Waals surface area contributed by atoms with Crippen LogP contribution in [0.4, 0.5) is 0 Å². The Bertz CT molecular complexity index is 1210. The Labute approximate surface area is 186 Å². The first-order valence-corrected chi connectivity index (χ1v) is 11.4. The Kier molecular flexibility index (Phi) is 6.13. The molecule has 160 valence electrons. The Hall–Kier alpha value is -3.06. The lowest BCUT2D eigenvalue weighted by atomic mass is 10.2. The molecule has 0 bridgehead atoms. The molecule has 0 aliphatic carbocycles. The minimum atomic E-state index is 0.107. The van der Waals surface area contributed by atoms with Crippen LogP contribution in [0.15, 0.2) is 54.9 Å². The molecule has 0 spiro atoms. The zero-order valence-corrected chi connectivity index (χ0v) is 19.2. The molecule has 0 aliphatic heterocycles. The van der Waals surface area contributed by atoms with E-state index in [-0.39, 0.29) is 5.91 Å². The van der Waals surface area contributed by atoms with Crippen molar-refractivity contribution in [1.82, 2.24) is 24.1 Å². The molecule has 4 rings (SSSR count). The Morgan fingerprint density at radius 3 is 2.61 bits per heavy atom. The molecule has 7 heteroatoms. The molecule has 3 aromatic heterocycles. The second-order valence-corrected chi connectivity index (χ2v) is 8.83. The summed E-state index contributed by atoms with van der Waals surface area (Å²) in [5, 5.41) is 4.68. The predicted molar refractivity (Wildman–Crippen MR) is 126 cm³/mol. The van der Waals surface area contributed by atoms with Crippen molar-refractivity contribution in [3.8, 4) is 5.69 Å². The summed E-state index contributed by atoms with van der Waals surface area (Å²) in [6.07, 6.45) is 4.10. The van der Waals surface area contributed by atoms with Gasteiger partial charge in [-0.15, -0.1) is 11.8 Å². The second kappa shape index (κ2) is 8.98. The molecule has 1 amide bonds. The van der Waals surface area contributed by atoms with Crippen LogP contribution in [0.1, 0.15) is 28.2 Å². The number of imidazole rings is 1. The fourth-order valence-corrected chi connectivity index (χ4v) is 4.47. The number of hydrogen-bond donors (Lipinski definition) is 0. The van der Waals surface area contributed by atoms with Gasteiger partial charge in [-0.25, -0.2) is 9.67 Å². The number of benzene rings is 1. The first kappa shape index (κ1) is 21.2. The average Bonchev–Trinajstić information content (AvgIpc) is 3.29. The van der Waals surface area contributed by atoms with Gasteiger partial charge < -0.3 is 9.30 Å². The highest BCUT2D eigenvalue weighted by Gasteiger charge is 2.17. The number of aryl methyl sites for hydroxylation is 2. The van der Waals surface area contributed by atoms with Gasteiger partial charge in [0, 0.05) is 43.0 Å². The third-order valence-electron chi connectivity index (χ3n) is 5.39.